The summed E-state index contributed by atoms with van der Waals surface area (Å²) in [5, 5.41) is 3.39. The monoisotopic (exact) mass is 403 g/mol. The van der Waals surface area contributed by atoms with Gasteiger partial charge in [0, 0.05) is 37.8 Å². The first-order valence-electron chi connectivity index (χ1n) is 9.73. The van der Waals surface area contributed by atoms with Gasteiger partial charge in [-0.05, 0) is 41.9 Å². The largest absolute Gasteiger partial charge is 0.496 e. The molecule has 1 aromatic carbocycles. The highest BCUT2D eigenvalue weighted by Crippen LogP contribution is 2.43. The molecule has 0 spiro atoms. The van der Waals surface area contributed by atoms with Crippen LogP contribution >= 0.6 is 0 Å². The van der Waals surface area contributed by atoms with Crippen LogP contribution in [-0.4, -0.2) is 53.2 Å². The zero-order chi connectivity index (χ0) is 20.1. The van der Waals surface area contributed by atoms with Crippen LogP contribution in [0.25, 0.3) is 11.1 Å². The minimum absolute atomic E-state index is 0.324. The van der Waals surface area contributed by atoms with Gasteiger partial charge in [-0.1, -0.05) is 32.0 Å². The molecular formula is C21H29N3O3S. The fraction of sp³-hybridized carbons (Fsp3) is 0.429. The Hall–Kier alpha value is -1.93. The van der Waals surface area contributed by atoms with Crippen molar-refractivity contribution < 1.29 is 13.2 Å². The number of benzene rings is 2. The Labute approximate surface area is 168 Å². The molecule has 7 heteroatoms. The molecule has 2 aliphatic carbocycles. The van der Waals surface area contributed by atoms with E-state index in [1.54, 1.807) is 26.2 Å². The first-order chi connectivity index (χ1) is 13.5. The van der Waals surface area contributed by atoms with Gasteiger partial charge in [-0.15, -0.1) is 0 Å². The molecule has 0 aromatic heterocycles. The Morgan fingerprint density at radius 3 is 2.43 bits per heavy atom. The van der Waals surface area contributed by atoms with Gasteiger partial charge >= 0.3 is 0 Å². The molecule has 0 amide bonds. The van der Waals surface area contributed by atoms with Crippen molar-refractivity contribution in [3.63, 3.8) is 0 Å². The normalized spacial score (nSPS) is 18.2. The second kappa shape index (κ2) is 9.05. The number of methoxy groups -OCH3 is 1. The van der Waals surface area contributed by atoms with Gasteiger partial charge in [-0.25, -0.2) is 13.1 Å². The van der Waals surface area contributed by atoms with E-state index in [1.807, 2.05) is 18.2 Å². The summed E-state index contributed by atoms with van der Waals surface area (Å²) >= 11 is 0. The second-order valence-electron chi connectivity index (χ2n) is 6.83. The number of rotatable bonds is 6. The summed E-state index contributed by atoms with van der Waals surface area (Å²) in [5.41, 5.74) is 3.78. The molecule has 1 atom stereocenters. The fourth-order valence-electron chi connectivity index (χ4n) is 3.50. The van der Waals surface area contributed by atoms with E-state index in [9.17, 15) is 8.42 Å². The van der Waals surface area contributed by atoms with Crippen LogP contribution in [0.4, 0.5) is 0 Å². The number of sulfonamides is 1. The van der Waals surface area contributed by atoms with Crippen molar-refractivity contribution in [2.24, 2.45) is 0 Å². The van der Waals surface area contributed by atoms with Crippen LogP contribution < -0.4 is 14.8 Å². The number of piperazine rings is 1. The first kappa shape index (κ1) is 20.8. The lowest BCUT2D eigenvalue weighted by Gasteiger charge is -2.35. The van der Waals surface area contributed by atoms with E-state index in [1.165, 1.54) is 11.1 Å². The summed E-state index contributed by atoms with van der Waals surface area (Å²) < 4.78 is 31.3. The van der Waals surface area contributed by atoms with Crippen molar-refractivity contribution in [1.29, 1.82) is 0 Å². The molecule has 4 rings (SSSR count). The topological polar surface area (TPSA) is 70.7 Å². The maximum absolute atomic E-state index is 11.9. The number of fused-ring (bicyclic) bond motifs is 1. The average molecular weight is 404 g/mol. The number of likely N-dealkylation sites (N-methyl/N-ethyl adjacent to an activating group) is 1. The Morgan fingerprint density at radius 1 is 1.18 bits per heavy atom. The van der Waals surface area contributed by atoms with Gasteiger partial charge in [0.05, 0.1) is 12.0 Å². The summed E-state index contributed by atoms with van der Waals surface area (Å²) in [7, 11) is -1.66. The van der Waals surface area contributed by atoms with Gasteiger partial charge in [0.1, 0.15) is 5.75 Å². The molecule has 152 valence electrons. The fourth-order valence-corrected chi connectivity index (χ4v) is 4.54. The summed E-state index contributed by atoms with van der Waals surface area (Å²) in [6, 6.07) is 13.7. The van der Waals surface area contributed by atoms with E-state index in [0.717, 1.165) is 37.5 Å². The van der Waals surface area contributed by atoms with Crippen LogP contribution in [0, 0.1) is 0 Å². The predicted octanol–water partition coefficient (Wildman–Crippen LogP) is 2.63. The zero-order valence-corrected chi connectivity index (χ0v) is 17.6. The maximum Gasteiger partial charge on any atom is 0.240 e. The van der Waals surface area contributed by atoms with Crippen LogP contribution in [-0.2, 0) is 10.0 Å². The van der Waals surface area contributed by atoms with Crippen LogP contribution in [0.1, 0.15) is 25.5 Å². The number of nitrogens with zero attached hydrogens (tertiary/aromatic N) is 1. The van der Waals surface area contributed by atoms with Crippen molar-refractivity contribution in [3.8, 4) is 16.9 Å². The maximum atomic E-state index is 11.9. The first-order valence-corrected chi connectivity index (χ1v) is 11.2. The predicted molar refractivity (Wildman–Crippen MR) is 112 cm³/mol. The third-order valence-electron chi connectivity index (χ3n) is 5.10. The molecule has 2 N–H and O–H groups in total. The molecule has 1 aromatic rings. The standard InChI is InChI=1S/C14H23N3O2S.C7H6O/c1-3-16-20(18,19)13-7-5-12(6-8-13)14-11-15-9-10-17(14)4-2;1-8-7-3-2-5-4-6(5)7/h5-8,14-16H,3-4,9-11H2,1-2H3;2-4H,1H3. The van der Waals surface area contributed by atoms with E-state index >= 15 is 0 Å². The Bertz CT molecular complexity index is 898. The number of hydrogen-bond donors (Lipinski definition) is 2. The van der Waals surface area contributed by atoms with Crippen LogP contribution in [0.2, 0.25) is 0 Å². The number of ether oxygens (including phenoxy) is 1. The van der Waals surface area contributed by atoms with Gasteiger partial charge in [0.2, 0.25) is 10.0 Å². The number of hydrogen-bond acceptors (Lipinski definition) is 5. The molecule has 28 heavy (non-hydrogen) atoms. The quantitative estimate of drug-likeness (QED) is 0.662. The minimum atomic E-state index is -3.36. The summed E-state index contributed by atoms with van der Waals surface area (Å²) in [6.07, 6.45) is 0. The number of nitrogens with one attached hydrogen (secondary N) is 2. The van der Waals surface area contributed by atoms with Gasteiger partial charge in [0.25, 0.3) is 0 Å². The third-order valence-corrected chi connectivity index (χ3v) is 6.66. The van der Waals surface area contributed by atoms with Crippen molar-refractivity contribution in [2.45, 2.75) is 24.8 Å². The molecule has 1 aliphatic heterocycles. The van der Waals surface area contributed by atoms with Gasteiger partial charge in [0.15, 0.2) is 0 Å². The second-order valence-corrected chi connectivity index (χ2v) is 8.60. The highest BCUT2D eigenvalue weighted by atomic mass is 32.2. The van der Waals surface area contributed by atoms with Gasteiger partial charge in [-0.2, -0.15) is 0 Å². The van der Waals surface area contributed by atoms with Gasteiger partial charge in [-0.3, -0.25) is 4.90 Å². The van der Waals surface area contributed by atoms with E-state index in [0.29, 0.717) is 17.5 Å². The van der Waals surface area contributed by atoms with Crippen molar-refractivity contribution in [3.05, 3.63) is 48.0 Å². The van der Waals surface area contributed by atoms with E-state index in [-0.39, 0.29) is 0 Å². The van der Waals surface area contributed by atoms with Crippen molar-refractivity contribution in [1.82, 2.24) is 14.9 Å². The molecular weight excluding hydrogens is 374 g/mol. The zero-order valence-electron chi connectivity index (χ0n) is 16.7. The summed E-state index contributed by atoms with van der Waals surface area (Å²) in [4.78, 5) is 2.74. The molecule has 3 aliphatic rings. The van der Waals surface area contributed by atoms with Crippen LogP contribution in [0.5, 0.6) is 5.75 Å². The molecule has 6 nitrogen and oxygen atoms in total. The SMILES string of the molecule is CCNS(=O)(=O)c1ccc(C2CNCCN2CC)cc1.COc1ccc2cc1-2. The highest BCUT2D eigenvalue weighted by molar-refractivity contribution is 7.89. The third kappa shape index (κ3) is 4.72. The van der Waals surface area contributed by atoms with E-state index in [4.69, 9.17) is 4.74 Å². The average Bonchev–Trinajstić information content (AvgIpc) is 3.39. The molecule has 0 radical (unpaired) electrons. The minimum Gasteiger partial charge on any atom is -0.496 e. The van der Waals surface area contributed by atoms with Crippen LogP contribution in [0.15, 0.2) is 47.4 Å². The lowest BCUT2D eigenvalue weighted by molar-refractivity contribution is 0.171. The molecule has 0 saturated carbocycles. The molecule has 0 bridgehead atoms. The highest BCUT2D eigenvalue weighted by Gasteiger charge is 2.23. The molecule has 1 heterocycles. The smallest absolute Gasteiger partial charge is 0.240 e. The van der Waals surface area contributed by atoms with Crippen molar-refractivity contribution >= 4 is 10.0 Å². The lowest BCUT2D eigenvalue weighted by atomic mass is 10.0. The lowest BCUT2D eigenvalue weighted by Crippen LogP contribution is -2.45. The summed E-state index contributed by atoms with van der Waals surface area (Å²) in [5.74, 6) is 1.01. The van der Waals surface area contributed by atoms with Gasteiger partial charge < -0.3 is 10.1 Å². The molecule has 1 unspecified atom stereocenters. The Balaban J connectivity index is 0.000000231. The van der Waals surface area contributed by atoms with Crippen LogP contribution in [0.3, 0.4) is 0 Å². The molecule has 1 saturated heterocycles. The summed E-state index contributed by atoms with van der Waals surface area (Å²) in [6.45, 7) is 8.29. The Kier molecular flexibility index (Phi) is 6.72. The van der Waals surface area contributed by atoms with Crippen molar-refractivity contribution in [2.75, 3.05) is 39.8 Å². The Morgan fingerprint density at radius 2 is 1.93 bits per heavy atom. The van der Waals surface area contributed by atoms with E-state index in [2.05, 4.69) is 34.0 Å². The van der Waals surface area contributed by atoms with E-state index < -0.39 is 10.0 Å². The molecule has 1 fully saturated rings.